The van der Waals surface area contributed by atoms with E-state index in [0.29, 0.717) is 6.04 Å². The number of benzene rings is 1. The molecule has 2 aromatic rings. The predicted octanol–water partition coefficient (Wildman–Crippen LogP) is 2.57. The fourth-order valence-corrected chi connectivity index (χ4v) is 2.12. The van der Waals surface area contributed by atoms with Crippen molar-refractivity contribution in [1.29, 1.82) is 0 Å². The Balaban J connectivity index is 1.92. The van der Waals surface area contributed by atoms with Crippen molar-refractivity contribution in [2.45, 2.75) is 33.4 Å². The van der Waals surface area contributed by atoms with E-state index in [4.69, 9.17) is 4.42 Å². The topological polar surface area (TPSA) is 41.3 Å². The summed E-state index contributed by atoms with van der Waals surface area (Å²) in [5.74, 6) is 0.724. The summed E-state index contributed by atoms with van der Waals surface area (Å²) < 4.78 is 5.56. The zero-order valence-corrected chi connectivity index (χ0v) is 12.2. The maximum absolute atomic E-state index is 5.56. The van der Waals surface area contributed by atoms with E-state index in [0.717, 1.165) is 36.6 Å². The minimum absolute atomic E-state index is 0.543. The van der Waals surface area contributed by atoms with Crippen LogP contribution in [0.25, 0.3) is 11.1 Å². The lowest BCUT2D eigenvalue weighted by Gasteiger charge is -2.18. The fourth-order valence-electron chi connectivity index (χ4n) is 2.12. The van der Waals surface area contributed by atoms with E-state index in [1.54, 1.807) is 0 Å². The molecule has 0 aliphatic rings. The molecule has 0 bridgehead atoms. The molecule has 0 aliphatic carbocycles. The third kappa shape index (κ3) is 4.04. The van der Waals surface area contributed by atoms with Crippen molar-refractivity contribution in [3.63, 3.8) is 0 Å². The zero-order valence-electron chi connectivity index (χ0n) is 12.2. The SMILES string of the molecule is Cc1nc2ccc(CN(C)CCNC(C)C)cc2o1. The van der Waals surface area contributed by atoms with Crippen LogP contribution >= 0.6 is 0 Å². The molecule has 0 unspecified atom stereocenters. The Bertz CT molecular complexity index is 533. The van der Waals surface area contributed by atoms with Crippen LogP contribution in [0, 0.1) is 6.92 Å². The number of aryl methyl sites for hydroxylation is 1. The first-order valence-corrected chi connectivity index (χ1v) is 6.82. The second-order valence-corrected chi connectivity index (χ2v) is 5.38. The minimum Gasteiger partial charge on any atom is -0.441 e. The van der Waals surface area contributed by atoms with E-state index < -0.39 is 0 Å². The molecule has 0 aliphatic heterocycles. The lowest BCUT2D eigenvalue weighted by atomic mass is 10.2. The first kappa shape index (κ1) is 14.0. The molecule has 0 amide bonds. The summed E-state index contributed by atoms with van der Waals surface area (Å²) >= 11 is 0. The van der Waals surface area contributed by atoms with Crippen LogP contribution in [0.5, 0.6) is 0 Å². The van der Waals surface area contributed by atoms with E-state index in [9.17, 15) is 0 Å². The highest BCUT2D eigenvalue weighted by Crippen LogP contribution is 2.17. The molecule has 4 nitrogen and oxygen atoms in total. The van der Waals surface area contributed by atoms with Gasteiger partial charge in [-0.25, -0.2) is 4.98 Å². The van der Waals surface area contributed by atoms with E-state index in [1.807, 2.05) is 13.0 Å². The largest absolute Gasteiger partial charge is 0.441 e. The van der Waals surface area contributed by atoms with Gasteiger partial charge < -0.3 is 14.6 Å². The van der Waals surface area contributed by atoms with Crippen molar-refractivity contribution in [2.75, 3.05) is 20.1 Å². The van der Waals surface area contributed by atoms with Gasteiger partial charge in [0.05, 0.1) is 0 Å². The molecule has 104 valence electrons. The normalized spacial score (nSPS) is 11.9. The van der Waals surface area contributed by atoms with Gasteiger partial charge in [0.15, 0.2) is 11.5 Å². The van der Waals surface area contributed by atoms with Crippen LogP contribution in [0.3, 0.4) is 0 Å². The molecule has 0 saturated heterocycles. The smallest absolute Gasteiger partial charge is 0.192 e. The maximum atomic E-state index is 5.56. The highest BCUT2D eigenvalue weighted by molar-refractivity contribution is 5.73. The molecular weight excluding hydrogens is 238 g/mol. The monoisotopic (exact) mass is 261 g/mol. The third-order valence-corrected chi connectivity index (χ3v) is 3.06. The van der Waals surface area contributed by atoms with E-state index in [1.165, 1.54) is 5.56 Å². The molecule has 1 N–H and O–H groups in total. The van der Waals surface area contributed by atoms with Crippen LogP contribution in [0.15, 0.2) is 22.6 Å². The molecule has 0 radical (unpaired) electrons. The molecule has 0 saturated carbocycles. The molecule has 0 spiro atoms. The Morgan fingerprint density at radius 1 is 1.37 bits per heavy atom. The highest BCUT2D eigenvalue weighted by Gasteiger charge is 2.05. The molecule has 19 heavy (non-hydrogen) atoms. The maximum Gasteiger partial charge on any atom is 0.192 e. The van der Waals surface area contributed by atoms with Gasteiger partial charge in [-0.3, -0.25) is 0 Å². The number of hydrogen-bond acceptors (Lipinski definition) is 4. The highest BCUT2D eigenvalue weighted by atomic mass is 16.3. The number of nitrogens with zero attached hydrogens (tertiary/aromatic N) is 2. The summed E-state index contributed by atoms with van der Waals surface area (Å²) in [7, 11) is 2.14. The molecule has 1 aromatic carbocycles. The van der Waals surface area contributed by atoms with Gasteiger partial charge in [0.2, 0.25) is 0 Å². The van der Waals surface area contributed by atoms with Crippen LogP contribution in [0.1, 0.15) is 25.3 Å². The Morgan fingerprint density at radius 3 is 2.89 bits per heavy atom. The summed E-state index contributed by atoms with van der Waals surface area (Å²) in [4.78, 5) is 6.62. The molecule has 0 fully saturated rings. The average molecular weight is 261 g/mol. The summed E-state index contributed by atoms with van der Waals surface area (Å²) in [6.45, 7) is 9.18. The van der Waals surface area contributed by atoms with E-state index in [2.05, 4.69) is 48.2 Å². The molecule has 0 atom stereocenters. The van der Waals surface area contributed by atoms with Crippen LogP contribution in [0.4, 0.5) is 0 Å². The van der Waals surface area contributed by atoms with Gasteiger partial charge in [-0.1, -0.05) is 19.9 Å². The van der Waals surface area contributed by atoms with Crippen molar-refractivity contribution in [3.05, 3.63) is 29.7 Å². The molecule has 4 heteroatoms. The van der Waals surface area contributed by atoms with Gasteiger partial charge in [0.1, 0.15) is 5.52 Å². The third-order valence-electron chi connectivity index (χ3n) is 3.06. The van der Waals surface area contributed by atoms with Gasteiger partial charge >= 0.3 is 0 Å². The van der Waals surface area contributed by atoms with Crippen LogP contribution in [-0.4, -0.2) is 36.1 Å². The number of aromatic nitrogens is 1. The number of oxazole rings is 1. The number of rotatable bonds is 6. The van der Waals surface area contributed by atoms with E-state index >= 15 is 0 Å². The Labute approximate surface area is 114 Å². The average Bonchev–Trinajstić information content (AvgIpc) is 2.67. The van der Waals surface area contributed by atoms with Crippen LogP contribution in [0.2, 0.25) is 0 Å². The fraction of sp³-hybridized carbons (Fsp3) is 0.533. The minimum atomic E-state index is 0.543. The lowest BCUT2D eigenvalue weighted by molar-refractivity contribution is 0.320. The van der Waals surface area contributed by atoms with Gasteiger partial charge in [-0.05, 0) is 24.7 Å². The Hall–Kier alpha value is -1.39. The summed E-state index contributed by atoms with van der Waals surface area (Å²) in [6.07, 6.45) is 0. The first-order valence-electron chi connectivity index (χ1n) is 6.82. The molecular formula is C15H23N3O. The summed E-state index contributed by atoms with van der Waals surface area (Å²) in [6, 6.07) is 6.78. The Morgan fingerprint density at radius 2 is 2.16 bits per heavy atom. The van der Waals surface area contributed by atoms with Gasteiger partial charge in [0, 0.05) is 32.6 Å². The van der Waals surface area contributed by atoms with E-state index in [-0.39, 0.29) is 0 Å². The van der Waals surface area contributed by atoms with Gasteiger partial charge in [0.25, 0.3) is 0 Å². The van der Waals surface area contributed by atoms with Crippen molar-refractivity contribution in [3.8, 4) is 0 Å². The summed E-state index contributed by atoms with van der Waals surface area (Å²) in [5, 5.41) is 3.42. The second kappa shape index (κ2) is 6.17. The summed E-state index contributed by atoms with van der Waals surface area (Å²) in [5.41, 5.74) is 3.07. The molecule has 1 heterocycles. The standard InChI is InChI=1S/C15H23N3O/c1-11(2)16-7-8-18(4)10-13-5-6-14-15(9-13)19-12(3)17-14/h5-6,9,11,16H,7-8,10H2,1-4H3. The molecule has 2 rings (SSSR count). The Kier molecular flexibility index (Phi) is 4.56. The van der Waals surface area contributed by atoms with Crippen molar-refractivity contribution >= 4 is 11.1 Å². The predicted molar refractivity (Wildman–Crippen MR) is 78.2 cm³/mol. The first-order chi connectivity index (χ1) is 9.04. The van der Waals surface area contributed by atoms with Crippen molar-refractivity contribution in [2.24, 2.45) is 0 Å². The number of nitrogens with one attached hydrogen (secondary N) is 1. The molecule has 1 aromatic heterocycles. The lowest BCUT2D eigenvalue weighted by Crippen LogP contribution is -2.32. The number of hydrogen-bond donors (Lipinski definition) is 1. The zero-order chi connectivity index (χ0) is 13.8. The van der Waals surface area contributed by atoms with Crippen molar-refractivity contribution < 1.29 is 4.42 Å². The number of likely N-dealkylation sites (N-methyl/N-ethyl adjacent to an activating group) is 1. The van der Waals surface area contributed by atoms with Gasteiger partial charge in [-0.15, -0.1) is 0 Å². The van der Waals surface area contributed by atoms with Crippen LogP contribution < -0.4 is 5.32 Å². The second-order valence-electron chi connectivity index (χ2n) is 5.38. The quantitative estimate of drug-likeness (QED) is 0.867. The van der Waals surface area contributed by atoms with Crippen molar-refractivity contribution in [1.82, 2.24) is 15.2 Å². The van der Waals surface area contributed by atoms with Gasteiger partial charge in [-0.2, -0.15) is 0 Å². The number of fused-ring (bicyclic) bond motifs is 1. The van der Waals surface area contributed by atoms with Crippen LogP contribution in [-0.2, 0) is 6.54 Å².